The fourth-order valence-corrected chi connectivity index (χ4v) is 1.96. The molecule has 0 bridgehead atoms. The number of hydrogen-bond acceptors (Lipinski definition) is 3. The number of nitrogen functional groups attached to an aromatic ring is 1. The second-order valence-corrected chi connectivity index (χ2v) is 4.29. The predicted octanol–water partition coefficient (Wildman–Crippen LogP) is 3.56. The summed E-state index contributed by atoms with van der Waals surface area (Å²) in [6.45, 7) is 0.559. The van der Waals surface area contributed by atoms with E-state index in [2.05, 4.69) is 5.38 Å². The van der Waals surface area contributed by atoms with E-state index in [4.69, 9.17) is 22.1 Å². The van der Waals surface area contributed by atoms with Crippen molar-refractivity contribution in [3.05, 3.63) is 45.6 Å². The summed E-state index contributed by atoms with van der Waals surface area (Å²) in [4.78, 5) is 0. The number of rotatable bonds is 3. The number of benzene rings is 1. The Hall–Kier alpha value is -1.19. The van der Waals surface area contributed by atoms with Crippen molar-refractivity contribution in [1.29, 1.82) is 0 Å². The number of halogens is 1. The molecule has 0 atom stereocenters. The molecule has 2 N–H and O–H groups in total. The molecule has 15 heavy (non-hydrogen) atoms. The Balaban J connectivity index is 2.02. The molecule has 0 unspecified atom stereocenters. The van der Waals surface area contributed by atoms with Gasteiger partial charge in [0.1, 0.15) is 12.4 Å². The van der Waals surface area contributed by atoms with Crippen LogP contribution in [0.25, 0.3) is 0 Å². The van der Waals surface area contributed by atoms with Crippen molar-refractivity contribution in [1.82, 2.24) is 0 Å². The van der Waals surface area contributed by atoms with Gasteiger partial charge in [-0.25, -0.2) is 0 Å². The highest BCUT2D eigenvalue weighted by Gasteiger charge is 2.00. The zero-order valence-corrected chi connectivity index (χ0v) is 9.52. The summed E-state index contributed by atoms with van der Waals surface area (Å²) in [6, 6.07) is 7.31. The Labute approximate surface area is 97.3 Å². The van der Waals surface area contributed by atoms with E-state index in [-0.39, 0.29) is 0 Å². The highest BCUT2D eigenvalue weighted by molar-refractivity contribution is 7.07. The SMILES string of the molecule is Nc1ccc(OCc2ccsc2)cc1Cl. The largest absolute Gasteiger partial charge is 0.489 e. The van der Waals surface area contributed by atoms with Crippen LogP contribution in [0.15, 0.2) is 35.0 Å². The van der Waals surface area contributed by atoms with Gasteiger partial charge in [-0.15, -0.1) is 0 Å². The Bertz CT molecular complexity index is 442. The molecule has 2 nitrogen and oxygen atoms in total. The highest BCUT2D eigenvalue weighted by atomic mass is 35.5. The van der Waals surface area contributed by atoms with E-state index in [0.717, 1.165) is 11.3 Å². The number of thiophene rings is 1. The number of ether oxygens (including phenoxy) is 1. The highest BCUT2D eigenvalue weighted by Crippen LogP contribution is 2.24. The Morgan fingerprint density at radius 2 is 2.20 bits per heavy atom. The third-order valence-electron chi connectivity index (χ3n) is 1.96. The van der Waals surface area contributed by atoms with Crippen LogP contribution >= 0.6 is 22.9 Å². The molecule has 2 rings (SSSR count). The zero-order valence-electron chi connectivity index (χ0n) is 7.94. The molecule has 0 saturated heterocycles. The lowest BCUT2D eigenvalue weighted by Gasteiger charge is -2.06. The third kappa shape index (κ3) is 2.64. The lowest BCUT2D eigenvalue weighted by Crippen LogP contribution is -1.94. The summed E-state index contributed by atoms with van der Waals surface area (Å²) in [5.74, 6) is 0.736. The molecule has 0 aliphatic rings. The van der Waals surface area contributed by atoms with Gasteiger partial charge in [-0.3, -0.25) is 0 Å². The molecule has 1 heterocycles. The van der Waals surface area contributed by atoms with Gasteiger partial charge >= 0.3 is 0 Å². The fourth-order valence-electron chi connectivity index (χ4n) is 1.14. The summed E-state index contributed by atoms with van der Waals surface area (Å²) in [5.41, 5.74) is 7.32. The standard InChI is InChI=1S/C11H10ClNOS/c12-10-5-9(1-2-11(10)13)14-6-8-3-4-15-7-8/h1-5,7H,6,13H2. The first-order valence-corrected chi connectivity index (χ1v) is 5.76. The van der Waals surface area contributed by atoms with Gasteiger partial charge in [0.05, 0.1) is 10.7 Å². The van der Waals surface area contributed by atoms with Crippen molar-refractivity contribution in [2.24, 2.45) is 0 Å². The smallest absolute Gasteiger partial charge is 0.121 e. The van der Waals surface area contributed by atoms with E-state index in [9.17, 15) is 0 Å². The predicted molar refractivity (Wildman–Crippen MR) is 64.5 cm³/mol. The molecule has 1 aromatic heterocycles. The van der Waals surface area contributed by atoms with E-state index in [0.29, 0.717) is 17.3 Å². The molecule has 0 fully saturated rings. The lowest BCUT2D eigenvalue weighted by atomic mass is 10.3. The molecule has 0 amide bonds. The van der Waals surface area contributed by atoms with Crippen molar-refractivity contribution in [2.45, 2.75) is 6.61 Å². The Morgan fingerprint density at radius 1 is 1.33 bits per heavy atom. The summed E-state index contributed by atoms with van der Waals surface area (Å²) >= 11 is 7.53. The Kier molecular flexibility index (Phi) is 3.14. The lowest BCUT2D eigenvalue weighted by molar-refractivity contribution is 0.307. The first-order valence-electron chi connectivity index (χ1n) is 4.44. The van der Waals surface area contributed by atoms with Crippen LogP contribution in [0.1, 0.15) is 5.56 Å². The second kappa shape index (κ2) is 4.55. The molecular weight excluding hydrogens is 230 g/mol. The monoisotopic (exact) mass is 239 g/mol. The van der Waals surface area contributed by atoms with Gasteiger partial charge < -0.3 is 10.5 Å². The van der Waals surface area contributed by atoms with Crippen LogP contribution in [0.5, 0.6) is 5.75 Å². The van der Waals surface area contributed by atoms with E-state index in [1.165, 1.54) is 0 Å². The molecule has 78 valence electrons. The minimum absolute atomic E-state index is 0.526. The first-order chi connectivity index (χ1) is 7.25. The van der Waals surface area contributed by atoms with Crippen LogP contribution in [0.2, 0.25) is 5.02 Å². The maximum Gasteiger partial charge on any atom is 0.121 e. The molecule has 4 heteroatoms. The molecule has 0 radical (unpaired) electrons. The topological polar surface area (TPSA) is 35.2 Å². The summed E-state index contributed by atoms with van der Waals surface area (Å²) in [6.07, 6.45) is 0. The molecule has 1 aromatic carbocycles. The second-order valence-electron chi connectivity index (χ2n) is 3.10. The van der Waals surface area contributed by atoms with Gasteiger partial charge in [-0.05, 0) is 34.5 Å². The van der Waals surface area contributed by atoms with E-state index in [1.54, 1.807) is 23.5 Å². The van der Waals surface area contributed by atoms with E-state index < -0.39 is 0 Å². The van der Waals surface area contributed by atoms with Gasteiger partial charge in [0.25, 0.3) is 0 Å². The van der Waals surface area contributed by atoms with Crippen LogP contribution in [0.3, 0.4) is 0 Å². The van der Waals surface area contributed by atoms with Gasteiger partial charge in [0, 0.05) is 6.07 Å². The number of anilines is 1. The molecule has 0 aliphatic carbocycles. The van der Waals surface area contributed by atoms with Crippen LogP contribution in [0.4, 0.5) is 5.69 Å². The van der Waals surface area contributed by atoms with Crippen molar-refractivity contribution < 1.29 is 4.74 Å². The molecule has 0 spiro atoms. The van der Waals surface area contributed by atoms with Crippen molar-refractivity contribution in [3.63, 3.8) is 0 Å². The van der Waals surface area contributed by atoms with Crippen LogP contribution < -0.4 is 10.5 Å². The average Bonchev–Trinajstić information content (AvgIpc) is 2.73. The van der Waals surface area contributed by atoms with Crippen LogP contribution in [-0.4, -0.2) is 0 Å². The van der Waals surface area contributed by atoms with Crippen LogP contribution in [0, 0.1) is 0 Å². The molecule has 0 aliphatic heterocycles. The van der Waals surface area contributed by atoms with Crippen molar-refractivity contribution in [2.75, 3.05) is 5.73 Å². The van der Waals surface area contributed by atoms with Gasteiger partial charge in [0.2, 0.25) is 0 Å². The zero-order chi connectivity index (χ0) is 10.7. The summed E-state index contributed by atoms with van der Waals surface area (Å²) in [5, 5.41) is 4.60. The van der Waals surface area contributed by atoms with Gasteiger partial charge in [-0.1, -0.05) is 11.6 Å². The maximum absolute atomic E-state index is 5.87. The molecular formula is C11H10ClNOS. The van der Waals surface area contributed by atoms with Crippen molar-refractivity contribution >= 4 is 28.6 Å². The third-order valence-corrected chi connectivity index (χ3v) is 3.02. The van der Waals surface area contributed by atoms with Crippen LogP contribution in [-0.2, 0) is 6.61 Å². The summed E-state index contributed by atoms with van der Waals surface area (Å²) < 4.78 is 5.55. The first kappa shape index (κ1) is 10.3. The molecule has 0 saturated carbocycles. The Morgan fingerprint density at radius 3 is 2.87 bits per heavy atom. The fraction of sp³-hybridized carbons (Fsp3) is 0.0909. The van der Waals surface area contributed by atoms with E-state index >= 15 is 0 Å². The van der Waals surface area contributed by atoms with Crippen molar-refractivity contribution in [3.8, 4) is 5.75 Å². The minimum atomic E-state index is 0.526. The van der Waals surface area contributed by atoms with E-state index in [1.807, 2.05) is 17.5 Å². The number of nitrogens with two attached hydrogens (primary N) is 1. The normalized spacial score (nSPS) is 10.2. The van der Waals surface area contributed by atoms with Gasteiger partial charge in [-0.2, -0.15) is 11.3 Å². The summed E-state index contributed by atoms with van der Waals surface area (Å²) in [7, 11) is 0. The minimum Gasteiger partial charge on any atom is -0.489 e. The molecule has 2 aromatic rings. The maximum atomic E-state index is 5.87. The number of hydrogen-bond donors (Lipinski definition) is 1. The quantitative estimate of drug-likeness (QED) is 0.832. The van der Waals surface area contributed by atoms with Gasteiger partial charge in [0.15, 0.2) is 0 Å². The average molecular weight is 240 g/mol.